The van der Waals surface area contributed by atoms with Gasteiger partial charge in [-0.15, -0.1) is 0 Å². The second-order valence-corrected chi connectivity index (χ2v) is 3.95. The third kappa shape index (κ3) is 9.69. The molecular formula is C11H25NO3. The summed E-state index contributed by atoms with van der Waals surface area (Å²) in [5, 5.41) is 16.7. The average Bonchev–Trinajstić information content (AvgIpc) is 2.26. The van der Waals surface area contributed by atoms with E-state index in [1.165, 1.54) is 0 Å². The molecule has 4 N–H and O–H groups in total. The van der Waals surface area contributed by atoms with Gasteiger partial charge in [-0.3, -0.25) is 4.79 Å². The van der Waals surface area contributed by atoms with Crippen LogP contribution in [0.3, 0.4) is 0 Å². The molecule has 0 spiro atoms. The monoisotopic (exact) mass is 219 g/mol. The first-order chi connectivity index (χ1) is 6.90. The lowest BCUT2D eigenvalue weighted by atomic mass is 10.0. The Labute approximate surface area is 92.5 Å². The third-order valence-electron chi connectivity index (χ3n) is 2.55. The van der Waals surface area contributed by atoms with Crippen molar-refractivity contribution in [1.29, 1.82) is 0 Å². The van der Waals surface area contributed by atoms with Gasteiger partial charge in [-0.1, -0.05) is 40.5 Å². The summed E-state index contributed by atoms with van der Waals surface area (Å²) >= 11 is 0. The molecule has 92 valence electrons. The maximum Gasteiger partial charge on any atom is 0.320 e. The molecule has 0 aromatic rings. The van der Waals surface area contributed by atoms with Gasteiger partial charge in [-0.25, -0.2) is 0 Å². The van der Waals surface area contributed by atoms with E-state index in [4.69, 9.17) is 15.9 Å². The molecule has 0 aliphatic rings. The van der Waals surface area contributed by atoms with Crippen molar-refractivity contribution in [2.75, 3.05) is 6.61 Å². The maximum atomic E-state index is 10.2. The standard InChI is InChI=1S/C6H13NO2.C5H12O/c1-3-4(2)5(7)6(8)9;1-3-5(2)4-6/h4-5H,3,7H2,1-2H3,(H,8,9);5-6H,3-4H2,1-2H3/t4-,5-;/m0./s1. The van der Waals surface area contributed by atoms with Gasteiger partial charge in [0.1, 0.15) is 6.04 Å². The molecule has 15 heavy (non-hydrogen) atoms. The zero-order valence-electron chi connectivity index (χ0n) is 10.2. The number of aliphatic hydroxyl groups excluding tert-OH is 1. The minimum atomic E-state index is -0.913. The number of carboxylic acids is 1. The van der Waals surface area contributed by atoms with Crippen LogP contribution in [-0.2, 0) is 4.79 Å². The molecule has 0 heterocycles. The normalized spacial score (nSPS) is 15.9. The van der Waals surface area contributed by atoms with E-state index in [0.29, 0.717) is 12.5 Å². The van der Waals surface area contributed by atoms with Crippen molar-refractivity contribution in [3.63, 3.8) is 0 Å². The van der Waals surface area contributed by atoms with Gasteiger partial charge in [0.05, 0.1) is 0 Å². The van der Waals surface area contributed by atoms with E-state index in [1.807, 2.05) is 20.8 Å². The molecule has 0 aliphatic heterocycles. The number of aliphatic carboxylic acids is 1. The lowest BCUT2D eigenvalue weighted by molar-refractivity contribution is -0.139. The fourth-order valence-corrected chi connectivity index (χ4v) is 0.626. The van der Waals surface area contributed by atoms with E-state index in [0.717, 1.165) is 12.8 Å². The molecular weight excluding hydrogens is 194 g/mol. The van der Waals surface area contributed by atoms with Crippen LogP contribution in [0.2, 0.25) is 0 Å². The SMILES string of the molecule is CCC(C)CO.CC[C@H](C)[C@H](N)C(=O)O. The van der Waals surface area contributed by atoms with Crippen LogP contribution >= 0.6 is 0 Å². The number of hydrogen-bond acceptors (Lipinski definition) is 3. The lowest BCUT2D eigenvalue weighted by Gasteiger charge is -2.11. The Morgan fingerprint density at radius 2 is 1.73 bits per heavy atom. The second kappa shape index (κ2) is 9.93. The first kappa shape index (κ1) is 16.8. The molecule has 0 radical (unpaired) electrons. The average molecular weight is 219 g/mol. The zero-order valence-corrected chi connectivity index (χ0v) is 10.2. The van der Waals surface area contributed by atoms with Crippen LogP contribution in [0, 0.1) is 11.8 Å². The maximum absolute atomic E-state index is 10.2. The smallest absolute Gasteiger partial charge is 0.320 e. The summed E-state index contributed by atoms with van der Waals surface area (Å²) in [7, 11) is 0. The van der Waals surface area contributed by atoms with Gasteiger partial charge in [0.2, 0.25) is 0 Å². The molecule has 4 nitrogen and oxygen atoms in total. The Morgan fingerprint density at radius 1 is 1.27 bits per heavy atom. The third-order valence-corrected chi connectivity index (χ3v) is 2.55. The van der Waals surface area contributed by atoms with E-state index in [2.05, 4.69) is 6.92 Å². The Bertz CT molecular complexity index is 158. The van der Waals surface area contributed by atoms with Crippen LogP contribution in [0.15, 0.2) is 0 Å². The summed E-state index contributed by atoms with van der Waals surface area (Å²) in [4.78, 5) is 10.2. The molecule has 0 aromatic carbocycles. The van der Waals surface area contributed by atoms with Crippen molar-refractivity contribution in [1.82, 2.24) is 0 Å². The Kier molecular flexibility index (Phi) is 11.1. The van der Waals surface area contributed by atoms with Gasteiger partial charge in [0.25, 0.3) is 0 Å². The predicted octanol–water partition coefficient (Wildman–Crippen LogP) is 1.47. The number of aliphatic hydroxyl groups is 1. The fourth-order valence-electron chi connectivity index (χ4n) is 0.626. The van der Waals surface area contributed by atoms with E-state index in [1.54, 1.807) is 0 Å². The minimum Gasteiger partial charge on any atom is -0.480 e. The molecule has 0 saturated carbocycles. The number of carbonyl (C=O) groups is 1. The number of hydrogen-bond donors (Lipinski definition) is 3. The summed E-state index contributed by atoms with van der Waals surface area (Å²) < 4.78 is 0. The molecule has 0 rings (SSSR count). The van der Waals surface area contributed by atoms with Gasteiger partial charge in [-0.05, 0) is 11.8 Å². The van der Waals surface area contributed by atoms with Gasteiger partial charge < -0.3 is 15.9 Å². The van der Waals surface area contributed by atoms with Gasteiger partial charge in [0, 0.05) is 6.61 Å². The van der Waals surface area contributed by atoms with Crippen LogP contribution in [0.4, 0.5) is 0 Å². The highest BCUT2D eigenvalue weighted by molar-refractivity contribution is 5.73. The van der Waals surface area contributed by atoms with Gasteiger partial charge >= 0.3 is 5.97 Å². The van der Waals surface area contributed by atoms with Crippen molar-refractivity contribution in [2.45, 2.75) is 46.6 Å². The Morgan fingerprint density at radius 3 is 1.80 bits per heavy atom. The van der Waals surface area contributed by atoms with Crippen LogP contribution in [0.5, 0.6) is 0 Å². The molecule has 0 amide bonds. The van der Waals surface area contributed by atoms with Crippen molar-refractivity contribution in [3.05, 3.63) is 0 Å². The van der Waals surface area contributed by atoms with E-state index < -0.39 is 12.0 Å². The topological polar surface area (TPSA) is 83.5 Å². The lowest BCUT2D eigenvalue weighted by Crippen LogP contribution is -2.36. The van der Waals surface area contributed by atoms with Crippen LogP contribution in [-0.4, -0.2) is 28.8 Å². The van der Waals surface area contributed by atoms with Crippen molar-refractivity contribution in [3.8, 4) is 0 Å². The van der Waals surface area contributed by atoms with E-state index >= 15 is 0 Å². The Balaban J connectivity index is 0. The molecule has 3 atom stereocenters. The fraction of sp³-hybridized carbons (Fsp3) is 0.909. The predicted molar refractivity (Wildman–Crippen MR) is 61.6 cm³/mol. The zero-order chi connectivity index (χ0) is 12.4. The first-order valence-electron chi connectivity index (χ1n) is 5.49. The quantitative estimate of drug-likeness (QED) is 0.654. The van der Waals surface area contributed by atoms with E-state index in [-0.39, 0.29) is 5.92 Å². The molecule has 0 aliphatic carbocycles. The summed E-state index contributed by atoms with van der Waals surface area (Å²) in [5.41, 5.74) is 5.27. The number of nitrogens with two attached hydrogens (primary N) is 1. The van der Waals surface area contributed by atoms with Gasteiger partial charge in [-0.2, -0.15) is 0 Å². The van der Waals surface area contributed by atoms with Crippen LogP contribution in [0.25, 0.3) is 0 Å². The highest BCUT2D eigenvalue weighted by Gasteiger charge is 2.17. The molecule has 0 saturated heterocycles. The second-order valence-electron chi connectivity index (χ2n) is 3.95. The van der Waals surface area contributed by atoms with Crippen molar-refractivity contribution < 1.29 is 15.0 Å². The molecule has 1 unspecified atom stereocenters. The van der Waals surface area contributed by atoms with Crippen LogP contribution < -0.4 is 5.73 Å². The molecule has 0 aromatic heterocycles. The van der Waals surface area contributed by atoms with Crippen molar-refractivity contribution in [2.24, 2.45) is 17.6 Å². The van der Waals surface area contributed by atoms with Crippen LogP contribution in [0.1, 0.15) is 40.5 Å². The molecule has 4 heteroatoms. The highest BCUT2D eigenvalue weighted by atomic mass is 16.4. The largest absolute Gasteiger partial charge is 0.480 e. The first-order valence-corrected chi connectivity index (χ1v) is 5.49. The molecule has 0 fully saturated rings. The van der Waals surface area contributed by atoms with Crippen molar-refractivity contribution >= 4 is 5.97 Å². The van der Waals surface area contributed by atoms with E-state index in [9.17, 15) is 4.79 Å². The number of carboxylic acid groups (broad SMARTS) is 1. The molecule has 0 bridgehead atoms. The summed E-state index contributed by atoms with van der Waals surface area (Å²) in [6, 6.07) is -0.699. The van der Waals surface area contributed by atoms with Gasteiger partial charge in [0.15, 0.2) is 0 Å². The Hall–Kier alpha value is -0.610. The highest BCUT2D eigenvalue weighted by Crippen LogP contribution is 2.04. The summed E-state index contributed by atoms with van der Waals surface area (Å²) in [5.74, 6) is -0.350. The summed E-state index contributed by atoms with van der Waals surface area (Å²) in [6.07, 6.45) is 1.89. The number of rotatable bonds is 5. The minimum absolute atomic E-state index is 0.0718. The summed E-state index contributed by atoms with van der Waals surface area (Å²) in [6.45, 7) is 8.18.